The third kappa shape index (κ3) is 7.54. The maximum atomic E-state index is 11.8. The number of hydrogen-bond donors (Lipinski definition) is 1. The second kappa shape index (κ2) is 8.96. The fourth-order valence-corrected chi connectivity index (χ4v) is 2.25. The zero-order valence-electron chi connectivity index (χ0n) is 15.1. The Morgan fingerprint density at radius 1 is 1.22 bits per heavy atom. The quantitative estimate of drug-likeness (QED) is 0.773. The number of hydrogen-bond acceptors (Lipinski definition) is 5. The van der Waals surface area contributed by atoms with Crippen molar-refractivity contribution >= 4 is 12.2 Å². The molecule has 7 heteroatoms. The van der Waals surface area contributed by atoms with Crippen LogP contribution < -0.4 is 5.32 Å². The predicted octanol–water partition coefficient (Wildman–Crippen LogP) is 1.92. The monoisotopic (exact) mass is 329 g/mol. The van der Waals surface area contributed by atoms with Gasteiger partial charge in [-0.2, -0.15) is 0 Å². The lowest BCUT2D eigenvalue weighted by molar-refractivity contribution is -0.0116. The van der Waals surface area contributed by atoms with E-state index in [-0.39, 0.29) is 12.0 Å². The summed E-state index contributed by atoms with van der Waals surface area (Å²) in [6.45, 7) is 14.5. The van der Waals surface area contributed by atoms with Gasteiger partial charge in [-0.25, -0.2) is 9.59 Å². The molecule has 1 aliphatic rings. The van der Waals surface area contributed by atoms with Crippen LogP contribution in [0.2, 0.25) is 0 Å². The molecular weight excluding hydrogens is 298 g/mol. The number of rotatable bonds is 7. The van der Waals surface area contributed by atoms with E-state index in [1.807, 2.05) is 20.8 Å². The first-order chi connectivity index (χ1) is 10.7. The minimum Gasteiger partial charge on any atom is -0.449 e. The Morgan fingerprint density at radius 3 is 2.35 bits per heavy atom. The predicted molar refractivity (Wildman–Crippen MR) is 88.4 cm³/mol. The average Bonchev–Trinajstić information content (AvgIpc) is 2.39. The van der Waals surface area contributed by atoms with E-state index in [4.69, 9.17) is 9.47 Å². The van der Waals surface area contributed by atoms with E-state index < -0.39 is 11.7 Å². The van der Waals surface area contributed by atoms with Crippen LogP contribution in [0.15, 0.2) is 0 Å². The Balaban J connectivity index is 2.09. The molecule has 1 fully saturated rings. The summed E-state index contributed by atoms with van der Waals surface area (Å²) < 4.78 is 10.5. The summed E-state index contributed by atoms with van der Waals surface area (Å²) in [6.07, 6.45) is -0.703. The van der Waals surface area contributed by atoms with Gasteiger partial charge in [0, 0.05) is 32.1 Å². The molecule has 0 aromatic carbocycles. The Morgan fingerprint density at radius 2 is 1.83 bits per heavy atom. The van der Waals surface area contributed by atoms with Crippen molar-refractivity contribution in [3.8, 4) is 0 Å². The van der Waals surface area contributed by atoms with Gasteiger partial charge in [-0.05, 0) is 33.9 Å². The number of carbonyl (C=O) groups excluding carboxylic acids is 2. The SMILES string of the molecule is CCN(CC)CCNC(=O)OCC1CN(C(=O)OC(C)(C)C)C1. The molecule has 0 radical (unpaired) electrons. The van der Waals surface area contributed by atoms with E-state index in [0.717, 1.165) is 19.6 Å². The van der Waals surface area contributed by atoms with Crippen LogP contribution in [0.1, 0.15) is 34.6 Å². The first kappa shape index (κ1) is 19.5. The van der Waals surface area contributed by atoms with Crippen molar-refractivity contribution in [3.63, 3.8) is 0 Å². The van der Waals surface area contributed by atoms with E-state index in [1.165, 1.54) is 0 Å². The van der Waals surface area contributed by atoms with Crippen LogP contribution in [0.5, 0.6) is 0 Å². The van der Waals surface area contributed by atoms with Crippen LogP contribution in [0.3, 0.4) is 0 Å². The summed E-state index contributed by atoms with van der Waals surface area (Å²) in [5.41, 5.74) is -0.483. The van der Waals surface area contributed by atoms with E-state index in [0.29, 0.717) is 26.2 Å². The van der Waals surface area contributed by atoms with Gasteiger partial charge in [0.25, 0.3) is 0 Å². The molecule has 0 atom stereocenters. The van der Waals surface area contributed by atoms with Gasteiger partial charge in [0.05, 0.1) is 6.61 Å². The zero-order valence-corrected chi connectivity index (χ0v) is 15.1. The van der Waals surface area contributed by atoms with Crippen LogP contribution in [0.4, 0.5) is 9.59 Å². The first-order valence-electron chi connectivity index (χ1n) is 8.36. The highest BCUT2D eigenvalue weighted by Crippen LogP contribution is 2.19. The number of likely N-dealkylation sites (N-methyl/N-ethyl adjacent to an activating group) is 1. The fourth-order valence-electron chi connectivity index (χ4n) is 2.25. The molecule has 1 saturated heterocycles. The molecule has 0 aromatic heterocycles. The Hall–Kier alpha value is -1.50. The third-order valence-electron chi connectivity index (χ3n) is 3.65. The number of nitrogens with zero attached hydrogens (tertiary/aromatic N) is 2. The molecule has 0 aliphatic carbocycles. The molecule has 0 unspecified atom stereocenters. The van der Waals surface area contributed by atoms with Gasteiger partial charge in [0.1, 0.15) is 5.60 Å². The van der Waals surface area contributed by atoms with Crippen LogP contribution in [-0.2, 0) is 9.47 Å². The highest BCUT2D eigenvalue weighted by molar-refractivity contribution is 5.69. The molecule has 134 valence electrons. The normalized spacial score (nSPS) is 15.3. The van der Waals surface area contributed by atoms with E-state index in [2.05, 4.69) is 24.1 Å². The van der Waals surface area contributed by atoms with E-state index in [1.54, 1.807) is 4.90 Å². The van der Waals surface area contributed by atoms with Gasteiger partial charge in [-0.1, -0.05) is 13.8 Å². The summed E-state index contributed by atoms with van der Waals surface area (Å²) in [5.74, 6) is 0.191. The standard InChI is InChI=1S/C16H31N3O4/c1-6-18(7-2)9-8-17-14(20)22-12-13-10-19(11-13)15(21)23-16(3,4)5/h13H,6-12H2,1-5H3,(H,17,20). The van der Waals surface area contributed by atoms with E-state index in [9.17, 15) is 9.59 Å². The molecule has 1 N–H and O–H groups in total. The fraction of sp³-hybridized carbons (Fsp3) is 0.875. The van der Waals surface area contributed by atoms with Crippen molar-refractivity contribution in [3.05, 3.63) is 0 Å². The van der Waals surface area contributed by atoms with Crippen molar-refractivity contribution in [2.75, 3.05) is 45.9 Å². The lowest BCUT2D eigenvalue weighted by Gasteiger charge is -2.39. The first-order valence-corrected chi connectivity index (χ1v) is 8.36. The molecule has 0 bridgehead atoms. The molecular formula is C16H31N3O4. The number of ether oxygens (including phenoxy) is 2. The Labute approximate surface area is 139 Å². The number of carbonyl (C=O) groups is 2. The second-order valence-corrected chi connectivity index (χ2v) is 6.80. The third-order valence-corrected chi connectivity index (χ3v) is 3.65. The summed E-state index contributed by atoms with van der Waals surface area (Å²) in [7, 11) is 0. The molecule has 1 aliphatic heterocycles. The summed E-state index contributed by atoms with van der Waals surface area (Å²) >= 11 is 0. The molecule has 1 heterocycles. The minimum absolute atomic E-state index is 0.191. The lowest BCUT2D eigenvalue weighted by atomic mass is 10.0. The zero-order chi connectivity index (χ0) is 17.5. The van der Waals surface area contributed by atoms with Crippen molar-refractivity contribution < 1.29 is 19.1 Å². The lowest BCUT2D eigenvalue weighted by Crippen LogP contribution is -2.53. The molecule has 7 nitrogen and oxygen atoms in total. The van der Waals surface area contributed by atoms with Gasteiger partial charge in [0.2, 0.25) is 0 Å². The van der Waals surface area contributed by atoms with Crippen molar-refractivity contribution in [1.29, 1.82) is 0 Å². The second-order valence-electron chi connectivity index (χ2n) is 6.80. The largest absolute Gasteiger partial charge is 0.449 e. The molecule has 0 aromatic rings. The van der Waals surface area contributed by atoms with Gasteiger partial charge in [-0.3, -0.25) is 0 Å². The maximum absolute atomic E-state index is 11.8. The van der Waals surface area contributed by atoms with Gasteiger partial charge in [-0.15, -0.1) is 0 Å². The van der Waals surface area contributed by atoms with Gasteiger partial charge in [0.15, 0.2) is 0 Å². The molecule has 0 spiro atoms. The highest BCUT2D eigenvalue weighted by atomic mass is 16.6. The van der Waals surface area contributed by atoms with Crippen molar-refractivity contribution in [1.82, 2.24) is 15.1 Å². The topological polar surface area (TPSA) is 71.1 Å². The Bertz CT molecular complexity index is 385. The number of likely N-dealkylation sites (tertiary alicyclic amines) is 1. The van der Waals surface area contributed by atoms with Crippen LogP contribution in [-0.4, -0.2) is 73.5 Å². The molecule has 23 heavy (non-hydrogen) atoms. The maximum Gasteiger partial charge on any atom is 0.410 e. The summed E-state index contributed by atoms with van der Waals surface area (Å²) in [6, 6.07) is 0. The smallest absolute Gasteiger partial charge is 0.410 e. The molecule has 1 rings (SSSR count). The van der Waals surface area contributed by atoms with Gasteiger partial charge < -0.3 is 24.6 Å². The number of amides is 2. The summed E-state index contributed by atoms with van der Waals surface area (Å²) in [5, 5.41) is 2.74. The number of nitrogens with one attached hydrogen (secondary N) is 1. The van der Waals surface area contributed by atoms with Crippen LogP contribution in [0, 0.1) is 5.92 Å². The average molecular weight is 329 g/mol. The Kier molecular flexibility index (Phi) is 7.61. The number of alkyl carbamates (subject to hydrolysis) is 1. The van der Waals surface area contributed by atoms with Crippen molar-refractivity contribution in [2.24, 2.45) is 5.92 Å². The summed E-state index contributed by atoms with van der Waals surface area (Å²) in [4.78, 5) is 27.2. The van der Waals surface area contributed by atoms with E-state index >= 15 is 0 Å². The van der Waals surface area contributed by atoms with Crippen LogP contribution in [0.25, 0.3) is 0 Å². The highest BCUT2D eigenvalue weighted by Gasteiger charge is 2.34. The minimum atomic E-state index is -0.483. The van der Waals surface area contributed by atoms with Crippen molar-refractivity contribution in [2.45, 2.75) is 40.2 Å². The molecule has 2 amide bonds. The van der Waals surface area contributed by atoms with Gasteiger partial charge >= 0.3 is 12.2 Å². The van der Waals surface area contributed by atoms with Crippen LogP contribution >= 0.6 is 0 Å². The molecule has 0 saturated carbocycles.